The summed E-state index contributed by atoms with van der Waals surface area (Å²) < 4.78 is 0.922. The zero-order valence-corrected chi connectivity index (χ0v) is 17.5. The van der Waals surface area contributed by atoms with Gasteiger partial charge in [0.2, 0.25) is 11.8 Å². The molecule has 1 unspecified atom stereocenters. The second-order valence-corrected chi connectivity index (χ2v) is 8.96. The fourth-order valence-corrected chi connectivity index (χ4v) is 4.44. The highest BCUT2D eigenvalue weighted by Gasteiger charge is 2.37. The first-order valence-electron chi connectivity index (χ1n) is 10.2. The summed E-state index contributed by atoms with van der Waals surface area (Å²) in [5.41, 5.74) is 0.606. The molecule has 3 amide bonds. The normalized spacial score (nSPS) is 23.0. The fraction of sp³-hybridized carbons (Fsp3) is 0.571. The quantitative estimate of drug-likeness (QED) is 0.770. The fourth-order valence-electron chi connectivity index (χ4n) is 4.17. The van der Waals surface area contributed by atoms with E-state index in [9.17, 15) is 14.4 Å². The Balaban J connectivity index is 1.32. The van der Waals surface area contributed by atoms with Gasteiger partial charge in [0.05, 0.1) is 0 Å². The first-order chi connectivity index (χ1) is 13.5. The highest BCUT2D eigenvalue weighted by Crippen LogP contribution is 2.32. The van der Waals surface area contributed by atoms with E-state index >= 15 is 0 Å². The number of hydrogen-bond donors (Lipinski definition) is 1. The van der Waals surface area contributed by atoms with Gasteiger partial charge < -0.3 is 15.1 Å². The van der Waals surface area contributed by atoms with Gasteiger partial charge in [-0.1, -0.05) is 15.9 Å². The Morgan fingerprint density at radius 2 is 1.61 bits per heavy atom. The topological polar surface area (TPSA) is 69.7 Å². The number of carbonyl (C=O) groups excluding carboxylic acids is 3. The van der Waals surface area contributed by atoms with Crippen molar-refractivity contribution < 1.29 is 14.4 Å². The molecule has 0 spiro atoms. The smallest absolute Gasteiger partial charge is 0.254 e. The summed E-state index contributed by atoms with van der Waals surface area (Å²) in [5, 5.41) is 3.13. The molecule has 1 saturated carbocycles. The lowest BCUT2D eigenvalue weighted by atomic mass is 10.0. The Hall–Kier alpha value is -1.89. The van der Waals surface area contributed by atoms with Crippen molar-refractivity contribution in [1.29, 1.82) is 0 Å². The summed E-state index contributed by atoms with van der Waals surface area (Å²) >= 11 is 3.38. The van der Waals surface area contributed by atoms with Crippen LogP contribution in [-0.4, -0.2) is 59.2 Å². The predicted octanol–water partition coefficient (Wildman–Crippen LogP) is 2.57. The van der Waals surface area contributed by atoms with E-state index in [0.29, 0.717) is 31.6 Å². The first kappa shape index (κ1) is 19.4. The van der Waals surface area contributed by atoms with E-state index in [1.165, 1.54) is 0 Å². The SMILES string of the molecule is O=C(NC1CCN(C(=O)C2CC2)CC1)C1CCCN1C(=O)c1ccc(Br)cc1. The number of halogens is 1. The molecule has 1 N–H and O–H groups in total. The van der Waals surface area contributed by atoms with Crippen LogP contribution in [-0.2, 0) is 9.59 Å². The second kappa shape index (κ2) is 8.23. The van der Waals surface area contributed by atoms with Crippen LogP contribution in [0.4, 0.5) is 0 Å². The van der Waals surface area contributed by atoms with Gasteiger partial charge in [-0.25, -0.2) is 0 Å². The average Bonchev–Trinajstić information content (AvgIpc) is 3.44. The van der Waals surface area contributed by atoms with Gasteiger partial charge in [0, 0.05) is 41.6 Å². The molecule has 2 aliphatic heterocycles. The van der Waals surface area contributed by atoms with E-state index in [4.69, 9.17) is 0 Å². The molecule has 4 rings (SSSR count). The summed E-state index contributed by atoms with van der Waals surface area (Å²) in [6, 6.07) is 6.94. The number of likely N-dealkylation sites (tertiary alicyclic amines) is 2. The Labute approximate surface area is 173 Å². The molecule has 2 heterocycles. The summed E-state index contributed by atoms with van der Waals surface area (Å²) in [7, 11) is 0. The molecule has 150 valence electrons. The Kier molecular flexibility index (Phi) is 5.71. The van der Waals surface area contributed by atoms with E-state index in [-0.39, 0.29) is 29.7 Å². The van der Waals surface area contributed by atoms with Crippen molar-refractivity contribution in [2.45, 2.75) is 50.6 Å². The summed E-state index contributed by atoms with van der Waals surface area (Å²) in [6.45, 7) is 2.04. The van der Waals surface area contributed by atoms with Crippen LogP contribution in [0.25, 0.3) is 0 Å². The zero-order chi connectivity index (χ0) is 19.7. The van der Waals surface area contributed by atoms with Crippen LogP contribution in [0, 0.1) is 5.92 Å². The van der Waals surface area contributed by atoms with Crippen LogP contribution in [0.1, 0.15) is 48.9 Å². The number of nitrogens with zero attached hydrogens (tertiary/aromatic N) is 2. The van der Waals surface area contributed by atoms with E-state index < -0.39 is 6.04 Å². The average molecular weight is 448 g/mol. The number of amides is 3. The minimum Gasteiger partial charge on any atom is -0.351 e. The lowest BCUT2D eigenvalue weighted by Gasteiger charge is -2.34. The number of benzene rings is 1. The summed E-state index contributed by atoms with van der Waals surface area (Å²) in [6.07, 6.45) is 5.18. The van der Waals surface area contributed by atoms with Gasteiger partial charge in [-0.15, -0.1) is 0 Å². The van der Waals surface area contributed by atoms with Crippen LogP contribution < -0.4 is 5.32 Å². The van der Waals surface area contributed by atoms with E-state index in [2.05, 4.69) is 21.2 Å². The molecule has 0 radical (unpaired) electrons. The number of rotatable bonds is 4. The third kappa shape index (κ3) is 4.24. The van der Waals surface area contributed by atoms with Crippen molar-refractivity contribution in [3.05, 3.63) is 34.3 Å². The Morgan fingerprint density at radius 1 is 0.929 bits per heavy atom. The van der Waals surface area contributed by atoms with Gasteiger partial charge >= 0.3 is 0 Å². The highest BCUT2D eigenvalue weighted by molar-refractivity contribution is 9.10. The third-order valence-electron chi connectivity index (χ3n) is 5.99. The first-order valence-corrected chi connectivity index (χ1v) is 11.0. The van der Waals surface area contributed by atoms with Crippen molar-refractivity contribution in [2.24, 2.45) is 5.92 Å². The molecule has 3 fully saturated rings. The minimum absolute atomic E-state index is 0.0602. The van der Waals surface area contributed by atoms with Crippen LogP contribution in [0.5, 0.6) is 0 Å². The maximum absolute atomic E-state index is 12.9. The molecule has 6 nitrogen and oxygen atoms in total. The van der Waals surface area contributed by atoms with Gasteiger partial charge in [0.25, 0.3) is 5.91 Å². The number of carbonyl (C=O) groups is 3. The summed E-state index contributed by atoms with van der Waals surface area (Å²) in [5.74, 6) is 0.389. The largest absolute Gasteiger partial charge is 0.351 e. The molecule has 1 aromatic rings. The molecule has 28 heavy (non-hydrogen) atoms. The molecular weight excluding hydrogens is 422 g/mol. The van der Waals surface area contributed by atoms with Crippen molar-refractivity contribution in [3.63, 3.8) is 0 Å². The molecule has 1 aliphatic carbocycles. The standard InChI is InChI=1S/C21H26BrN3O3/c22-16-7-5-15(6-8-16)21(28)25-11-1-2-18(25)19(26)23-17-9-12-24(13-10-17)20(27)14-3-4-14/h5-8,14,17-18H,1-4,9-13H2,(H,23,26). The van der Waals surface area contributed by atoms with Gasteiger partial charge in [-0.3, -0.25) is 14.4 Å². The number of hydrogen-bond acceptors (Lipinski definition) is 3. The Morgan fingerprint density at radius 3 is 2.25 bits per heavy atom. The molecule has 0 bridgehead atoms. The minimum atomic E-state index is -0.401. The molecule has 3 aliphatic rings. The van der Waals surface area contributed by atoms with Crippen molar-refractivity contribution in [3.8, 4) is 0 Å². The van der Waals surface area contributed by atoms with Crippen molar-refractivity contribution in [2.75, 3.05) is 19.6 Å². The van der Waals surface area contributed by atoms with Gasteiger partial charge in [0.15, 0.2) is 0 Å². The van der Waals surface area contributed by atoms with Crippen LogP contribution in [0.15, 0.2) is 28.7 Å². The van der Waals surface area contributed by atoms with E-state index in [1.54, 1.807) is 17.0 Å². The maximum Gasteiger partial charge on any atom is 0.254 e. The van der Waals surface area contributed by atoms with Crippen molar-refractivity contribution in [1.82, 2.24) is 15.1 Å². The monoisotopic (exact) mass is 447 g/mol. The lowest BCUT2D eigenvalue weighted by Crippen LogP contribution is -2.52. The molecular formula is C21H26BrN3O3. The third-order valence-corrected chi connectivity index (χ3v) is 6.52. The Bertz CT molecular complexity index is 755. The molecule has 7 heteroatoms. The summed E-state index contributed by atoms with van der Waals surface area (Å²) in [4.78, 5) is 41.5. The second-order valence-electron chi connectivity index (χ2n) is 8.05. The van der Waals surface area contributed by atoms with Crippen LogP contribution >= 0.6 is 15.9 Å². The van der Waals surface area contributed by atoms with E-state index in [0.717, 1.165) is 36.6 Å². The number of piperidine rings is 1. The maximum atomic E-state index is 12.9. The van der Waals surface area contributed by atoms with Crippen molar-refractivity contribution >= 4 is 33.7 Å². The highest BCUT2D eigenvalue weighted by atomic mass is 79.9. The van der Waals surface area contributed by atoms with Gasteiger partial charge in [-0.2, -0.15) is 0 Å². The molecule has 2 saturated heterocycles. The molecule has 1 atom stereocenters. The molecule has 0 aromatic heterocycles. The van der Waals surface area contributed by atoms with Gasteiger partial charge in [0.1, 0.15) is 6.04 Å². The van der Waals surface area contributed by atoms with Crippen LogP contribution in [0.3, 0.4) is 0 Å². The lowest BCUT2D eigenvalue weighted by molar-refractivity contribution is -0.133. The van der Waals surface area contributed by atoms with Crippen LogP contribution in [0.2, 0.25) is 0 Å². The van der Waals surface area contributed by atoms with Gasteiger partial charge in [-0.05, 0) is 62.8 Å². The number of nitrogens with one attached hydrogen (secondary N) is 1. The molecule has 1 aromatic carbocycles. The predicted molar refractivity (Wildman–Crippen MR) is 109 cm³/mol. The zero-order valence-electron chi connectivity index (χ0n) is 15.9. The van der Waals surface area contributed by atoms with E-state index in [1.807, 2.05) is 17.0 Å².